The van der Waals surface area contributed by atoms with Gasteiger partial charge in [-0.05, 0) is 42.7 Å². The van der Waals surface area contributed by atoms with Gasteiger partial charge >= 0.3 is 6.18 Å². The van der Waals surface area contributed by atoms with Crippen molar-refractivity contribution < 1.29 is 13.2 Å². The molecule has 2 heterocycles. The van der Waals surface area contributed by atoms with Crippen LogP contribution in [0.25, 0.3) is 0 Å². The molecule has 7 heteroatoms. The lowest BCUT2D eigenvalue weighted by molar-refractivity contribution is -0.137. The molecule has 25 heavy (non-hydrogen) atoms. The highest BCUT2D eigenvalue weighted by molar-refractivity contribution is 5.61. The summed E-state index contributed by atoms with van der Waals surface area (Å²) in [4.78, 5) is 6.18. The van der Waals surface area contributed by atoms with E-state index in [2.05, 4.69) is 10.3 Å². The minimum atomic E-state index is -4.44. The molecule has 1 aromatic carbocycles. The molecule has 1 aromatic heterocycles. The van der Waals surface area contributed by atoms with Crippen LogP contribution >= 0.6 is 0 Å². The van der Waals surface area contributed by atoms with Crippen LogP contribution in [0.2, 0.25) is 0 Å². The van der Waals surface area contributed by atoms with Crippen molar-refractivity contribution in [2.75, 3.05) is 29.9 Å². The van der Waals surface area contributed by atoms with E-state index in [0.29, 0.717) is 24.7 Å². The van der Waals surface area contributed by atoms with Gasteiger partial charge in [0.25, 0.3) is 0 Å². The molecule has 0 radical (unpaired) electrons. The maximum atomic E-state index is 12.8. The number of nitrogens with one attached hydrogen (secondary N) is 1. The van der Waals surface area contributed by atoms with Crippen molar-refractivity contribution in [2.24, 2.45) is 5.92 Å². The minimum Gasteiger partial charge on any atom is -0.370 e. The zero-order valence-electron chi connectivity index (χ0n) is 13.4. The quantitative estimate of drug-likeness (QED) is 0.912. The summed E-state index contributed by atoms with van der Waals surface area (Å²) in [6, 6.07) is 10.9. The highest BCUT2D eigenvalue weighted by Crippen LogP contribution is 2.34. The first-order valence-corrected chi connectivity index (χ1v) is 7.98. The van der Waals surface area contributed by atoms with E-state index in [1.165, 1.54) is 6.07 Å². The summed E-state index contributed by atoms with van der Waals surface area (Å²) in [7, 11) is 0. The molecule has 1 atom stereocenters. The molecular weight excluding hydrogens is 329 g/mol. The first kappa shape index (κ1) is 17.1. The molecule has 0 aliphatic carbocycles. The van der Waals surface area contributed by atoms with Crippen LogP contribution in [0.5, 0.6) is 0 Å². The van der Waals surface area contributed by atoms with Gasteiger partial charge in [-0.2, -0.15) is 18.4 Å². The Morgan fingerprint density at radius 2 is 2.12 bits per heavy atom. The van der Waals surface area contributed by atoms with Crippen molar-refractivity contribution in [3.05, 3.63) is 53.7 Å². The number of hydrogen-bond donors (Lipinski definition) is 1. The van der Waals surface area contributed by atoms with E-state index in [-0.39, 0.29) is 5.56 Å². The van der Waals surface area contributed by atoms with E-state index in [4.69, 9.17) is 0 Å². The second-order valence-corrected chi connectivity index (χ2v) is 6.04. The number of benzene rings is 1. The van der Waals surface area contributed by atoms with Crippen molar-refractivity contribution in [2.45, 2.75) is 12.6 Å². The Bertz CT molecular complexity index is 768. The van der Waals surface area contributed by atoms with Crippen molar-refractivity contribution in [1.29, 1.82) is 5.26 Å². The van der Waals surface area contributed by atoms with Crippen LogP contribution in [0.3, 0.4) is 0 Å². The van der Waals surface area contributed by atoms with E-state index in [1.807, 2.05) is 29.2 Å². The van der Waals surface area contributed by atoms with Crippen molar-refractivity contribution in [3.8, 4) is 6.07 Å². The molecule has 1 fully saturated rings. The standard InChI is InChI=1S/C18H17F3N4/c19-18(20,21)15-4-5-16(14(9-15)10-22)25-8-6-13(12-25)11-24-17-3-1-2-7-23-17/h1-5,7,9,13H,6,8,11-12H2,(H,23,24). The summed E-state index contributed by atoms with van der Waals surface area (Å²) in [5.74, 6) is 1.14. The molecule has 3 rings (SSSR count). The highest BCUT2D eigenvalue weighted by atomic mass is 19.4. The van der Waals surface area contributed by atoms with Gasteiger partial charge in [0.2, 0.25) is 0 Å². The number of halogens is 3. The molecule has 2 aromatic rings. The molecule has 4 nitrogen and oxygen atoms in total. The van der Waals surface area contributed by atoms with Crippen LogP contribution in [0.4, 0.5) is 24.7 Å². The average molecular weight is 346 g/mol. The van der Waals surface area contributed by atoms with Gasteiger partial charge in [-0.25, -0.2) is 4.98 Å². The molecule has 0 spiro atoms. The first-order chi connectivity index (χ1) is 12.0. The van der Waals surface area contributed by atoms with Crippen LogP contribution in [0, 0.1) is 17.2 Å². The predicted octanol–water partition coefficient (Wildman–Crippen LogP) is 3.91. The highest BCUT2D eigenvalue weighted by Gasteiger charge is 2.32. The lowest BCUT2D eigenvalue weighted by atomic mass is 10.1. The second-order valence-electron chi connectivity index (χ2n) is 6.04. The summed E-state index contributed by atoms with van der Waals surface area (Å²) in [6.45, 7) is 2.14. The van der Waals surface area contributed by atoms with Gasteiger partial charge in [0.05, 0.1) is 16.8 Å². The van der Waals surface area contributed by atoms with Gasteiger partial charge in [-0.15, -0.1) is 0 Å². The van der Waals surface area contributed by atoms with Crippen LogP contribution in [-0.4, -0.2) is 24.6 Å². The van der Waals surface area contributed by atoms with Gasteiger partial charge in [-0.1, -0.05) is 6.07 Å². The van der Waals surface area contributed by atoms with Gasteiger partial charge in [0, 0.05) is 25.8 Å². The summed E-state index contributed by atoms with van der Waals surface area (Å²) >= 11 is 0. The Morgan fingerprint density at radius 1 is 1.28 bits per heavy atom. The topological polar surface area (TPSA) is 52.0 Å². The average Bonchev–Trinajstić information content (AvgIpc) is 3.08. The minimum absolute atomic E-state index is 0.0631. The fourth-order valence-electron chi connectivity index (χ4n) is 3.01. The third kappa shape index (κ3) is 4.02. The maximum Gasteiger partial charge on any atom is 0.416 e. The number of hydrogen-bond acceptors (Lipinski definition) is 4. The second kappa shape index (κ2) is 7.01. The summed E-state index contributed by atoms with van der Waals surface area (Å²) in [5.41, 5.74) is -0.163. The molecule has 130 valence electrons. The number of rotatable bonds is 4. The molecule has 1 N–H and O–H groups in total. The number of alkyl halides is 3. The monoisotopic (exact) mass is 346 g/mol. The van der Waals surface area contributed by atoms with Crippen molar-refractivity contribution >= 4 is 11.5 Å². The maximum absolute atomic E-state index is 12.8. The van der Waals surface area contributed by atoms with E-state index in [0.717, 1.165) is 30.9 Å². The lowest BCUT2D eigenvalue weighted by Crippen LogP contribution is -2.23. The number of pyridine rings is 1. The van der Waals surface area contributed by atoms with E-state index in [9.17, 15) is 18.4 Å². The molecule has 0 amide bonds. The van der Waals surface area contributed by atoms with Crippen LogP contribution in [0.1, 0.15) is 17.5 Å². The third-order valence-electron chi connectivity index (χ3n) is 4.31. The first-order valence-electron chi connectivity index (χ1n) is 7.98. The van der Waals surface area contributed by atoms with Gasteiger partial charge in [0.1, 0.15) is 11.9 Å². The fourth-order valence-corrected chi connectivity index (χ4v) is 3.01. The van der Waals surface area contributed by atoms with Crippen LogP contribution in [0.15, 0.2) is 42.6 Å². The van der Waals surface area contributed by atoms with E-state index in [1.54, 1.807) is 6.20 Å². The molecule has 1 saturated heterocycles. The van der Waals surface area contributed by atoms with Crippen LogP contribution < -0.4 is 10.2 Å². The molecule has 0 saturated carbocycles. The predicted molar refractivity (Wildman–Crippen MR) is 89.2 cm³/mol. The molecule has 1 aliphatic heterocycles. The normalized spacial score (nSPS) is 17.4. The number of aromatic nitrogens is 1. The number of nitrogens with zero attached hydrogens (tertiary/aromatic N) is 3. The molecule has 0 bridgehead atoms. The Hall–Kier alpha value is -2.75. The zero-order valence-corrected chi connectivity index (χ0v) is 13.4. The Labute approximate surface area is 143 Å². The van der Waals surface area contributed by atoms with Crippen molar-refractivity contribution in [3.63, 3.8) is 0 Å². The van der Waals surface area contributed by atoms with E-state index >= 15 is 0 Å². The third-order valence-corrected chi connectivity index (χ3v) is 4.31. The van der Waals surface area contributed by atoms with E-state index < -0.39 is 11.7 Å². The lowest BCUT2D eigenvalue weighted by Gasteiger charge is -2.21. The van der Waals surface area contributed by atoms with Gasteiger partial charge in [-0.3, -0.25) is 0 Å². The molecule has 1 aliphatic rings. The largest absolute Gasteiger partial charge is 0.416 e. The zero-order chi connectivity index (χ0) is 17.9. The number of anilines is 2. The van der Waals surface area contributed by atoms with Crippen LogP contribution in [-0.2, 0) is 6.18 Å². The van der Waals surface area contributed by atoms with Gasteiger partial charge < -0.3 is 10.2 Å². The summed E-state index contributed by atoms with van der Waals surface area (Å²) in [6.07, 6.45) is -1.82. The molecule has 1 unspecified atom stereocenters. The molecular formula is C18H17F3N4. The van der Waals surface area contributed by atoms with Gasteiger partial charge in [0.15, 0.2) is 0 Å². The number of nitriles is 1. The smallest absolute Gasteiger partial charge is 0.370 e. The summed E-state index contributed by atoms with van der Waals surface area (Å²) < 4.78 is 38.4. The fraction of sp³-hybridized carbons (Fsp3) is 0.333. The SMILES string of the molecule is N#Cc1cc(C(F)(F)F)ccc1N1CCC(CNc2ccccn2)C1. The van der Waals surface area contributed by atoms with Crippen molar-refractivity contribution in [1.82, 2.24) is 4.98 Å². The Kier molecular flexibility index (Phi) is 4.79. The summed E-state index contributed by atoms with van der Waals surface area (Å²) in [5, 5.41) is 12.5. The Morgan fingerprint density at radius 3 is 2.80 bits per heavy atom. The Balaban J connectivity index is 1.66.